The van der Waals surface area contributed by atoms with Crippen molar-refractivity contribution in [3.8, 4) is 11.5 Å². The zero-order chi connectivity index (χ0) is 13.1. The predicted molar refractivity (Wildman–Crippen MR) is 80.3 cm³/mol. The number of hydrogen-bond donors (Lipinski definition) is 1. The third kappa shape index (κ3) is 3.23. The molecule has 18 heavy (non-hydrogen) atoms. The summed E-state index contributed by atoms with van der Waals surface area (Å²) in [6, 6.07) is 12.3. The Balaban J connectivity index is 2.24. The maximum Gasteiger partial charge on any atom is 0.335 e. The highest BCUT2D eigenvalue weighted by Crippen LogP contribution is 2.30. The minimum atomic E-state index is -0.962. The van der Waals surface area contributed by atoms with Gasteiger partial charge in [-0.25, -0.2) is 4.79 Å². The van der Waals surface area contributed by atoms with Crippen molar-refractivity contribution in [1.29, 1.82) is 0 Å². The van der Waals surface area contributed by atoms with Crippen molar-refractivity contribution in [3.05, 3.63) is 56.1 Å². The molecule has 2 aromatic carbocycles. The number of ether oxygens (including phenoxy) is 1. The molecule has 92 valence electrons. The second-order valence-corrected chi connectivity index (χ2v) is 5.61. The smallest absolute Gasteiger partial charge is 0.335 e. The molecule has 0 aliphatic rings. The van der Waals surface area contributed by atoms with E-state index in [2.05, 4.69) is 38.5 Å². The molecule has 5 heteroatoms. The average Bonchev–Trinajstić information content (AvgIpc) is 2.34. The highest BCUT2D eigenvalue weighted by molar-refractivity contribution is 14.1. The number of carboxylic acid groups (broad SMARTS) is 1. The molecule has 0 fully saturated rings. The lowest BCUT2D eigenvalue weighted by molar-refractivity contribution is 0.0697. The standard InChI is InChI=1S/C13H8BrIO3/c14-11-7-8(13(16)17)1-6-12(11)18-10-4-2-9(15)3-5-10/h1-7H,(H,16,17). The predicted octanol–water partition coefficient (Wildman–Crippen LogP) is 4.54. The van der Waals surface area contributed by atoms with Gasteiger partial charge in [0.15, 0.2) is 0 Å². The van der Waals surface area contributed by atoms with E-state index in [9.17, 15) is 4.79 Å². The van der Waals surface area contributed by atoms with Gasteiger partial charge in [0.05, 0.1) is 10.0 Å². The fourth-order valence-electron chi connectivity index (χ4n) is 1.35. The van der Waals surface area contributed by atoms with Gasteiger partial charge in [-0.1, -0.05) is 0 Å². The highest BCUT2D eigenvalue weighted by Gasteiger charge is 2.08. The fourth-order valence-corrected chi connectivity index (χ4v) is 2.17. The molecule has 0 radical (unpaired) electrons. The summed E-state index contributed by atoms with van der Waals surface area (Å²) in [5, 5.41) is 8.86. The molecule has 0 saturated carbocycles. The monoisotopic (exact) mass is 418 g/mol. The molecule has 2 aromatic rings. The topological polar surface area (TPSA) is 46.5 Å². The summed E-state index contributed by atoms with van der Waals surface area (Å²) in [6.07, 6.45) is 0. The van der Waals surface area contributed by atoms with Crippen molar-refractivity contribution in [3.63, 3.8) is 0 Å². The molecule has 2 rings (SSSR count). The number of benzene rings is 2. The van der Waals surface area contributed by atoms with E-state index < -0.39 is 5.97 Å². The molecule has 0 amide bonds. The fraction of sp³-hybridized carbons (Fsp3) is 0. The zero-order valence-electron chi connectivity index (χ0n) is 9.06. The van der Waals surface area contributed by atoms with E-state index in [1.165, 1.54) is 12.1 Å². The van der Waals surface area contributed by atoms with Crippen molar-refractivity contribution in [2.45, 2.75) is 0 Å². The molecule has 0 aromatic heterocycles. The molecular weight excluding hydrogens is 411 g/mol. The van der Waals surface area contributed by atoms with E-state index in [-0.39, 0.29) is 5.56 Å². The SMILES string of the molecule is O=C(O)c1ccc(Oc2ccc(I)cc2)c(Br)c1. The van der Waals surface area contributed by atoms with Crippen LogP contribution in [0.25, 0.3) is 0 Å². The van der Waals surface area contributed by atoms with Crippen LogP contribution in [0.15, 0.2) is 46.9 Å². The number of aromatic carboxylic acids is 1. The van der Waals surface area contributed by atoms with Gasteiger partial charge in [0, 0.05) is 3.57 Å². The third-order valence-corrected chi connectivity index (χ3v) is 3.56. The molecule has 0 bridgehead atoms. The summed E-state index contributed by atoms with van der Waals surface area (Å²) < 4.78 is 7.39. The number of hydrogen-bond acceptors (Lipinski definition) is 2. The second kappa shape index (κ2) is 5.71. The normalized spacial score (nSPS) is 10.1. The summed E-state index contributed by atoms with van der Waals surface area (Å²) in [5.74, 6) is 0.330. The van der Waals surface area contributed by atoms with Crippen LogP contribution in [0.3, 0.4) is 0 Å². The van der Waals surface area contributed by atoms with Gasteiger partial charge in [0.2, 0.25) is 0 Å². The number of carbonyl (C=O) groups is 1. The van der Waals surface area contributed by atoms with Crippen LogP contribution in [-0.4, -0.2) is 11.1 Å². The van der Waals surface area contributed by atoms with Gasteiger partial charge in [0.1, 0.15) is 11.5 Å². The van der Waals surface area contributed by atoms with Crippen LogP contribution in [-0.2, 0) is 0 Å². The Morgan fingerprint density at radius 3 is 2.39 bits per heavy atom. The van der Waals surface area contributed by atoms with Gasteiger partial charge in [-0.3, -0.25) is 0 Å². The van der Waals surface area contributed by atoms with E-state index in [0.717, 1.165) is 3.57 Å². The molecule has 0 saturated heterocycles. The van der Waals surface area contributed by atoms with Crippen LogP contribution in [0.2, 0.25) is 0 Å². The van der Waals surface area contributed by atoms with Crippen molar-refractivity contribution in [2.24, 2.45) is 0 Å². The number of halogens is 2. The van der Waals surface area contributed by atoms with E-state index >= 15 is 0 Å². The van der Waals surface area contributed by atoms with Gasteiger partial charge >= 0.3 is 5.97 Å². The summed E-state index contributed by atoms with van der Waals surface area (Å²) >= 11 is 5.51. The lowest BCUT2D eigenvalue weighted by atomic mass is 10.2. The van der Waals surface area contributed by atoms with Crippen LogP contribution < -0.4 is 4.74 Å². The van der Waals surface area contributed by atoms with Crippen LogP contribution in [0.4, 0.5) is 0 Å². The summed E-state index contributed by atoms with van der Waals surface area (Å²) in [7, 11) is 0. The molecule has 0 spiro atoms. The molecule has 0 unspecified atom stereocenters. The molecule has 1 N–H and O–H groups in total. The Hall–Kier alpha value is -1.08. The zero-order valence-corrected chi connectivity index (χ0v) is 12.8. The maximum absolute atomic E-state index is 10.8. The van der Waals surface area contributed by atoms with Crippen LogP contribution in [0.5, 0.6) is 11.5 Å². The van der Waals surface area contributed by atoms with Gasteiger partial charge in [0.25, 0.3) is 0 Å². The van der Waals surface area contributed by atoms with E-state index in [1.54, 1.807) is 6.07 Å². The summed E-state index contributed by atoms with van der Waals surface area (Å²) in [5.41, 5.74) is 0.219. The second-order valence-electron chi connectivity index (χ2n) is 3.51. The largest absolute Gasteiger partial charge is 0.478 e. The first-order chi connectivity index (χ1) is 8.56. The van der Waals surface area contributed by atoms with Crippen molar-refractivity contribution < 1.29 is 14.6 Å². The van der Waals surface area contributed by atoms with Crippen molar-refractivity contribution in [1.82, 2.24) is 0 Å². The van der Waals surface area contributed by atoms with Crippen LogP contribution >= 0.6 is 38.5 Å². The minimum Gasteiger partial charge on any atom is -0.478 e. The molecule has 3 nitrogen and oxygen atoms in total. The lowest BCUT2D eigenvalue weighted by Crippen LogP contribution is -1.96. The first kappa shape index (κ1) is 13.4. The van der Waals surface area contributed by atoms with Gasteiger partial charge in [-0.15, -0.1) is 0 Å². The number of rotatable bonds is 3. The van der Waals surface area contributed by atoms with E-state index in [0.29, 0.717) is 16.0 Å². The number of carboxylic acids is 1. The molecule has 0 aliphatic carbocycles. The lowest BCUT2D eigenvalue weighted by Gasteiger charge is -2.08. The summed E-state index contributed by atoms with van der Waals surface area (Å²) in [6.45, 7) is 0. The molecule has 0 atom stereocenters. The minimum absolute atomic E-state index is 0.219. The molecule has 0 aliphatic heterocycles. The Morgan fingerprint density at radius 2 is 1.83 bits per heavy atom. The Morgan fingerprint density at radius 1 is 1.17 bits per heavy atom. The first-order valence-corrected chi connectivity index (χ1v) is 6.90. The van der Waals surface area contributed by atoms with Gasteiger partial charge in [-0.05, 0) is 81.0 Å². The quantitative estimate of drug-likeness (QED) is 0.744. The van der Waals surface area contributed by atoms with Crippen LogP contribution in [0, 0.1) is 3.57 Å². The van der Waals surface area contributed by atoms with E-state index in [1.807, 2.05) is 24.3 Å². The Bertz CT molecular complexity index is 581. The van der Waals surface area contributed by atoms with Crippen molar-refractivity contribution in [2.75, 3.05) is 0 Å². The maximum atomic E-state index is 10.8. The summed E-state index contributed by atoms with van der Waals surface area (Å²) in [4.78, 5) is 10.8. The highest BCUT2D eigenvalue weighted by atomic mass is 127. The first-order valence-electron chi connectivity index (χ1n) is 5.02. The Labute approximate surface area is 126 Å². The van der Waals surface area contributed by atoms with E-state index in [4.69, 9.17) is 9.84 Å². The third-order valence-electron chi connectivity index (χ3n) is 2.22. The molecular formula is C13H8BrIO3. The average molecular weight is 419 g/mol. The Kier molecular flexibility index (Phi) is 4.23. The van der Waals surface area contributed by atoms with Crippen LogP contribution in [0.1, 0.15) is 10.4 Å². The molecule has 0 heterocycles. The van der Waals surface area contributed by atoms with Gasteiger partial charge < -0.3 is 9.84 Å². The van der Waals surface area contributed by atoms with Crippen molar-refractivity contribution >= 4 is 44.5 Å². The van der Waals surface area contributed by atoms with Gasteiger partial charge in [-0.2, -0.15) is 0 Å².